The molecule has 1 heteroatoms. The van der Waals surface area contributed by atoms with Crippen molar-refractivity contribution in [3.8, 4) is 0 Å². The first kappa shape index (κ1) is 9.05. The molecule has 1 saturated carbocycles. The van der Waals surface area contributed by atoms with Crippen LogP contribution in [0.25, 0.3) is 0 Å². The average molecular weight is 155 g/mol. The Hall–Kier alpha value is -0.0400. The SMILES string of the molecule is CCN(C)CC1(C)CCC1C. The summed E-state index contributed by atoms with van der Waals surface area (Å²) in [5.41, 5.74) is 0.630. The van der Waals surface area contributed by atoms with Crippen molar-refractivity contribution in [3.05, 3.63) is 0 Å². The Labute approximate surface area is 70.8 Å². The molecule has 66 valence electrons. The maximum atomic E-state index is 2.43. The molecular weight excluding hydrogens is 134 g/mol. The first-order valence-corrected chi connectivity index (χ1v) is 4.77. The highest BCUT2D eigenvalue weighted by Crippen LogP contribution is 2.46. The molecule has 1 aliphatic carbocycles. The molecule has 1 fully saturated rings. The van der Waals surface area contributed by atoms with Crippen molar-refractivity contribution in [2.75, 3.05) is 20.1 Å². The van der Waals surface area contributed by atoms with E-state index >= 15 is 0 Å². The molecule has 0 radical (unpaired) electrons. The van der Waals surface area contributed by atoms with E-state index in [9.17, 15) is 0 Å². The van der Waals surface area contributed by atoms with Crippen LogP contribution in [-0.2, 0) is 0 Å². The van der Waals surface area contributed by atoms with Gasteiger partial charge in [0.05, 0.1) is 0 Å². The van der Waals surface area contributed by atoms with E-state index in [-0.39, 0.29) is 0 Å². The van der Waals surface area contributed by atoms with Gasteiger partial charge in [-0.15, -0.1) is 0 Å². The predicted molar refractivity (Wildman–Crippen MR) is 49.7 cm³/mol. The van der Waals surface area contributed by atoms with Crippen molar-refractivity contribution in [2.45, 2.75) is 33.6 Å². The molecule has 0 bridgehead atoms. The van der Waals surface area contributed by atoms with Crippen LogP contribution in [0.3, 0.4) is 0 Å². The van der Waals surface area contributed by atoms with E-state index < -0.39 is 0 Å². The van der Waals surface area contributed by atoms with Crippen LogP contribution in [-0.4, -0.2) is 25.0 Å². The molecule has 0 spiro atoms. The van der Waals surface area contributed by atoms with Crippen molar-refractivity contribution in [1.82, 2.24) is 4.90 Å². The van der Waals surface area contributed by atoms with E-state index in [0.717, 1.165) is 5.92 Å². The Morgan fingerprint density at radius 2 is 2.18 bits per heavy atom. The molecule has 11 heavy (non-hydrogen) atoms. The molecule has 0 saturated heterocycles. The van der Waals surface area contributed by atoms with Crippen molar-refractivity contribution < 1.29 is 0 Å². The summed E-state index contributed by atoms with van der Waals surface area (Å²) in [5.74, 6) is 0.941. The van der Waals surface area contributed by atoms with Gasteiger partial charge in [0.25, 0.3) is 0 Å². The summed E-state index contributed by atoms with van der Waals surface area (Å²) in [6.45, 7) is 9.50. The minimum absolute atomic E-state index is 0.630. The third-order valence-electron chi connectivity index (χ3n) is 3.51. The highest BCUT2D eigenvalue weighted by atomic mass is 15.1. The van der Waals surface area contributed by atoms with Crippen LogP contribution in [0.4, 0.5) is 0 Å². The third kappa shape index (κ3) is 1.76. The van der Waals surface area contributed by atoms with Crippen LogP contribution in [0.5, 0.6) is 0 Å². The second-order valence-electron chi connectivity index (χ2n) is 4.42. The van der Waals surface area contributed by atoms with Gasteiger partial charge in [-0.2, -0.15) is 0 Å². The van der Waals surface area contributed by atoms with E-state index in [0.29, 0.717) is 5.41 Å². The summed E-state index contributed by atoms with van der Waals surface area (Å²) in [5, 5.41) is 0. The molecule has 0 heterocycles. The van der Waals surface area contributed by atoms with Gasteiger partial charge in [0.1, 0.15) is 0 Å². The van der Waals surface area contributed by atoms with Gasteiger partial charge in [-0.05, 0) is 37.8 Å². The lowest BCUT2D eigenvalue weighted by atomic mass is 9.62. The first-order chi connectivity index (χ1) is 5.08. The van der Waals surface area contributed by atoms with E-state index in [2.05, 4.69) is 32.7 Å². The van der Waals surface area contributed by atoms with Crippen LogP contribution in [0, 0.1) is 11.3 Å². The first-order valence-electron chi connectivity index (χ1n) is 4.77. The summed E-state index contributed by atoms with van der Waals surface area (Å²) in [7, 11) is 2.22. The largest absolute Gasteiger partial charge is 0.306 e. The zero-order valence-corrected chi connectivity index (χ0v) is 8.35. The van der Waals surface area contributed by atoms with E-state index in [1.807, 2.05) is 0 Å². The molecule has 0 aliphatic heterocycles. The lowest BCUT2D eigenvalue weighted by molar-refractivity contribution is 0.0300. The van der Waals surface area contributed by atoms with Gasteiger partial charge in [0, 0.05) is 6.54 Å². The lowest BCUT2D eigenvalue weighted by Gasteiger charge is -2.47. The Morgan fingerprint density at radius 3 is 2.45 bits per heavy atom. The van der Waals surface area contributed by atoms with Crippen molar-refractivity contribution in [2.24, 2.45) is 11.3 Å². The number of rotatable bonds is 3. The number of hydrogen-bond donors (Lipinski definition) is 0. The fraction of sp³-hybridized carbons (Fsp3) is 1.00. The molecule has 0 amide bonds. The summed E-state index contributed by atoms with van der Waals surface area (Å²) in [6, 6.07) is 0. The van der Waals surface area contributed by atoms with Crippen molar-refractivity contribution >= 4 is 0 Å². The topological polar surface area (TPSA) is 3.24 Å². The Morgan fingerprint density at radius 1 is 1.55 bits per heavy atom. The smallest absolute Gasteiger partial charge is 0.00347 e. The molecule has 1 rings (SSSR count). The minimum Gasteiger partial charge on any atom is -0.306 e. The standard InChI is InChI=1S/C10H21N/c1-5-11(4)8-10(3)7-6-9(10)2/h9H,5-8H2,1-4H3. The molecule has 2 unspecified atom stereocenters. The van der Waals surface area contributed by atoms with Gasteiger partial charge in [-0.1, -0.05) is 20.8 Å². The Bertz CT molecular complexity index is 133. The molecule has 0 N–H and O–H groups in total. The normalized spacial score (nSPS) is 37.4. The van der Waals surface area contributed by atoms with Crippen LogP contribution >= 0.6 is 0 Å². The van der Waals surface area contributed by atoms with Gasteiger partial charge >= 0.3 is 0 Å². The molecular formula is C10H21N. The van der Waals surface area contributed by atoms with E-state index in [4.69, 9.17) is 0 Å². The summed E-state index contributed by atoms with van der Waals surface area (Å²) in [4.78, 5) is 2.43. The fourth-order valence-corrected chi connectivity index (χ4v) is 1.89. The van der Waals surface area contributed by atoms with Crippen molar-refractivity contribution in [1.29, 1.82) is 0 Å². The van der Waals surface area contributed by atoms with Crippen LogP contribution in [0.2, 0.25) is 0 Å². The monoisotopic (exact) mass is 155 g/mol. The summed E-state index contributed by atoms with van der Waals surface area (Å²) in [6.07, 6.45) is 2.87. The molecule has 0 aromatic carbocycles. The zero-order chi connectivity index (χ0) is 8.48. The molecule has 1 aliphatic rings. The van der Waals surface area contributed by atoms with Gasteiger partial charge in [0.15, 0.2) is 0 Å². The van der Waals surface area contributed by atoms with Gasteiger partial charge in [-0.3, -0.25) is 0 Å². The summed E-state index contributed by atoms with van der Waals surface area (Å²) < 4.78 is 0. The minimum atomic E-state index is 0.630. The zero-order valence-electron chi connectivity index (χ0n) is 8.35. The molecule has 0 aromatic heterocycles. The highest BCUT2D eigenvalue weighted by Gasteiger charge is 2.39. The second kappa shape index (κ2) is 3.14. The predicted octanol–water partition coefficient (Wildman–Crippen LogP) is 2.37. The number of hydrogen-bond acceptors (Lipinski definition) is 1. The van der Waals surface area contributed by atoms with Crippen LogP contribution in [0.1, 0.15) is 33.6 Å². The lowest BCUT2D eigenvalue weighted by Crippen LogP contribution is -2.44. The maximum absolute atomic E-state index is 2.43. The highest BCUT2D eigenvalue weighted by molar-refractivity contribution is 4.91. The van der Waals surface area contributed by atoms with Crippen LogP contribution in [0.15, 0.2) is 0 Å². The molecule has 2 atom stereocenters. The maximum Gasteiger partial charge on any atom is 0.00347 e. The van der Waals surface area contributed by atoms with E-state index in [1.54, 1.807) is 0 Å². The number of nitrogens with zero attached hydrogens (tertiary/aromatic N) is 1. The Kier molecular flexibility index (Phi) is 2.58. The quantitative estimate of drug-likeness (QED) is 0.605. The fourth-order valence-electron chi connectivity index (χ4n) is 1.89. The second-order valence-corrected chi connectivity index (χ2v) is 4.42. The Balaban J connectivity index is 2.35. The third-order valence-corrected chi connectivity index (χ3v) is 3.51. The van der Waals surface area contributed by atoms with Crippen molar-refractivity contribution in [3.63, 3.8) is 0 Å². The van der Waals surface area contributed by atoms with Gasteiger partial charge < -0.3 is 4.90 Å². The summed E-state index contributed by atoms with van der Waals surface area (Å²) >= 11 is 0. The van der Waals surface area contributed by atoms with Gasteiger partial charge in [0.2, 0.25) is 0 Å². The van der Waals surface area contributed by atoms with Gasteiger partial charge in [-0.25, -0.2) is 0 Å². The molecule has 1 nitrogen and oxygen atoms in total. The average Bonchev–Trinajstić information content (AvgIpc) is 2.01. The molecule has 0 aromatic rings. The van der Waals surface area contributed by atoms with E-state index in [1.165, 1.54) is 25.9 Å². The van der Waals surface area contributed by atoms with Crippen LogP contribution < -0.4 is 0 Å².